The van der Waals surface area contributed by atoms with Gasteiger partial charge in [0.2, 0.25) is 0 Å². The van der Waals surface area contributed by atoms with Gasteiger partial charge in [0.05, 0.1) is 0 Å². The molecule has 0 spiro atoms. The zero-order chi connectivity index (χ0) is 27.7. The van der Waals surface area contributed by atoms with Crippen LogP contribution < -0.4 is 0 Å². The van der Waals surface area contributed by atoms with E-state index in [0.29, 0.717) is 0 Å². The van der Waals surface area contributed by atoms with Crippen LogP contribution in [0.15, 0.2) is 0 Å². The molecule has 0 unspecified atom stereocenters. The van der Waals surface area contributed by atoms with Crippen molar-refractivity contribution in [3.05, 3.63) is 0 Å². The molecule has 0 N–H and O–H groups in total. The first-order chi connectivity index (χ1) is 13.8. The first kappa shape index (κ1) is 34.8. The molecule has 0 saturated heterocycles. The van der Waals surface area contributed by atoms with Gasteiger partial charge in [-0.15, -0.1) is 0 Å². The maximum Gasteiger partial charge on any atom is 1.00 e. The van der Waals surface area contributed by atoms with E-state index in [0.717, 1.165) is 0 Å². The number of rotatable bonds is 8. The summed E-state index contributed by atoms with van der Waals surface area (Å²) >= 11 is 0. The number of hydrogen-bond acceptors (Lipinski definition) is 2. The molecule has 0 bridgehead atoms. The van der Waals surface area contributed by atoms with Crippen LogP contribution in [0.5, 0.6) is 0 Å². The molecule has 0 fully saturated rings. The second-order valence-electron chi connectivity index (χ2n) is 5.67. The van der Waals surface area contributed by atoms with Crippen molar-refractivity contribution in [3.8, 4) is 0 Å². The fraction of sp³-hybridized carbons (Fsp3) is 0.818. The minimum atomic E-state index is -8.37. The van der Waals surface area contributed by atoms with Gasteiger partial charge in [-0.05, 0) is 0 Å². The van der Waals surface area contributed by atoms with Crippen molar-refractivity contribution in [1.29, 1.82) is 0 Å². The van der Waals surface area contributed by atoms with Crippen LogP contribution in [0.25, 0.3) is 0 Å². The van der Waals surface area contributed by atoms with E-state index in [9.17, 15) is 97.4 Å². The van der Waals surface area contributed by atoms with Crippen LogP contribution in [0.2, 0.25) is 0 Å². The predicted octanol–water partition coefficient (Wildman–Crippen LogP) is 5.69. The fourth-order valence-corrected chi connectivity index (χ4v) is 1.53. The summed E-state index contributed by atoms with van der Waals surface area (Å²) in [7, 11) is 0. The molecule has 0 rings (SSSR count). The van der Waals surface area contributed by atoms with Crippen molar-refractivity contribution < 1.29 is 120 Å². The van der Waals surface area contributed by atoms with Crippen molar-refractivity contribution in [2.24, 2.45) is 0 Å². The normalized spacial score (nSPS) is 15.6. The Balaban J connectivity index is 0. The zero-order valence-corrected chi connectivity index (χ0v) is 15.7. The van der Waals surface area contributed by atoms with Gasteiger partial charge in [0, 0.05) is 0 Å². The molecule has 0 aliphatic heterocycles. The number of Topliss-reactive ketones (excluding diaryl/α,β-unsaturated/α-hetero) is 2. The van der Waals surface area contributed by atoms with Gasteiger partial charge in [0.25, 0.3) is 11.6 Å². The van der Waals surface area contributed by atoms with E-state index in [1.165, 1.54) is 0 Å². The van der Waals surface area contributed by atoms with Crippen molar-refractivity contribution in [3.63, 3.8) is 0 Å². The van der Waals surface area contributed by atoms with E-state index < -0.39 is 65.4 Å². The first-order valence-corrected chi connectivity index (χ1v) is 6.69. The third-order valence-electron chi connectivity index (χ3n) is 3.43. The topological polar surface area (TPSA) is 34.1 Å². The maximum atomic E-state index is 13.3. The third kappa shape index (κ3) is 4.60. The average molecular weight is 652 g/mol. The average Bonchev–Trinajstić information content (AvgIpc) is 2.57. The van der Waals surface area contributed by atoms with Gasteiger partial charge in [-0.3, -0.25) is 9.59 Å². The van der Waals surface area contributed by atoms with E-state index in [1.807, 2.05) is 0 Å². The first-order valence-electron chi connectivity index (χ1n) is 6.69. The van der Waals surface area contributed by atoms with E-state index in [1.54, 1.807) is 0 Å². The molecule has 0 aromatic rings. The van der Waals surface area contributed by atoms with Gasteiger partial charge in [-0.25, -0.2) is 0 Å². The monoisotopic (exact) mass is 651 g/mol. The van der Waals surface area contributed by atoms with E-state index in [-0.39, 0.29) is 22.4 Å². The third-order valence-corrected chi connectivity index (χ3v) is 3.43. The van der Waals surface area contributed by atoms with Gasteiger partial charge >= 0.3 is 76.2 Å². The Kier molecular flexibility index (Phi) is 8.88. The predicted molar refractivity (Wildman–Crippen MR) is 56.8 cm³/mol. The Morgan fingerprint density at radius 2 is 0.529 bits per heavy atom. The molecule has 206 valence electrons. The molecular weight excluding hydrogens is 652 g/mol. The minimum Gasteiger partial charge on any atom is -0.285 e. The van der Waals surface area contributed by atoms with E-state index >= 15 is 0 Å². The quantitative estimate of drug-likeness (QED) is 0.192. The van der Waals surface area contributed by atoms with Crippen LogP contribution >= 0.6 is 0 Å². The Hall–Kier alpha value is -1.32. The molecule has 0 aliphatic rings. The Bertz CT molecular complexity index is 725. The summed E-state index contributed by atoms with van der Waals surface area (Å²) in [5, 5.41) is 0. The second kappa shape index (κ2) is 8.66. The molecule has 0 heterocycles. The van der Waals surface area contributed by atoms with E-state index in [4.69, 9.17) is 0 Å². The van der Waals surface area contributed by atoms with Crippen LogP contribution in [0.3, 0.4) is 0 Å². The molecule has 34 heavy (non-hydrogen) atoms. The van der Waals surface area contributed by atoms with Gasteiger partial charge in [-0.2, -0.15) is 87.8 Å². The van der Waals surface area contributed by atoms with Crippen LogP contribution in [0, 0.1) is 0 Å². The molecule has 0 atom stereocenters. The summed E-state index contributed by atoms with van der Waals surface area (Å²) in [4.78, 5) is 21.4. The number of ketones is 2. The molecule has 0 saturated carbocycles. The van der Waals surface area contributed by atoms with Crippen LogP contribution in [0.4, 0.5) is 87.8 Å². The summed E-state index contributed by atoms with van der Waals surface area (Å²) in [5.74, 6) is -68.9. The maximum absolute atomic E-state index is 13.3. The summed E-state index contributed by atoms with van der Waals surface area (Å²) in [6.45, 7) is 0. The SMILES string of the molecule is O=C(C(F)(F)C(=O)C(F)(F)C(F)(F)C(F)(F)C(F)(F)F)C(F)(F)C(F)(F)C(F)(F)C(F)(F)F.[Ag+]. The molecular formula is C11AgF20O2+. The summed E-state index contributed by atoms with van der Waals surface area (Å²) < 4.78 is 252. The zero-order valence-electron chi connectivity index (χ0n) is 14.2. The van der Waals surface area contributed by atoms with Crippen molar-refractivity contribution >= 4 is 11.6 Å². The molecule has 0 aliphatic carbocycles. The van der Waals surface area contributed by atoms with Crippen LogP contribution in [-0.2, 0) is 32.0 Å². The summed E-state index contributed by atoms with van der Waals surface area (Å²) in [6.07, 6.45) is -15.6. The number of halogens is 20. The fourth-order valence-electron chi connectivity index (χ4n) is 1.53. The van der Waals surface area contributed by atoms with Crippen molar-refractivity contribution in [2.45, 2.75) is 53.8 Å². The minimum absolute atomic E-state index is 0. The van der Waals surface area contributed by atoms with Crippen molar-refractivity contribution in [2.75, 3.05) is 0 Å². The number of alkyl halides is 20. The number of hydrogen-bond donors (Lipinski definition) is 0. The Labute approximate surface area is 186 Å². The molecule has 2 nitrogen and oxygen atoms in total. The summed E-state index contributed by atoms with van der Waals surface area (Å²) in [6, 6.07) is 0. The van der Waals surface area contributed by atoms with Crippen molar-refractivity contribution in [1.82, 2.24) is 0 Å². The Morgan fingerprint density at radius 3 is 0.676 bits per heavy atom. The number of carbonyl (C=O) groups is 2. The Morgan fingerprint density at radius 1 is 0.353 bits per heavy atom. The van der Waals surface area contributed by atoms with Gasteiger partial charge in [0.1, 0.15) is 0 Å². The standard InChI is InChI=1S/C11F20O2.Ag/c12-3(13,1(32)4(14,15)6(18,19)8(22,23)10(26,27)28)2(33)5(16,17)7(20,21)9(24,25)11(29,30)31;/q;+1. The molecule has 0 radical (unpaired) electrons. The van der Waals surface area contributed by atoms with Gasteiger partial charge in [0.15, 0.2) is 0 Å². The summed E-state index contributed by atoms with van der Waals surface area (Å²) in [5.41, 5.74) is 0. The molecule has 0 aromatic carbocycles. The van der Waals surface area contributed by atoms with Gasteiger partial charge in [-0.1, -0.05) is 0 Å². The molecule has 23 heteroatoms. The van der Waals surface area contributed by atoms with Crippen LogP contribution in [0.1, 0.15) is 0 Å². The molecule has 0 aromatic heterocycles. The number of carbonyl (C=O) groups excluding carboxylic acids is 2. The largest absolute Gasteiger partial charge is 1.00 e. The smallest absolute Gasteiger partial charge is 0.285 e. The second-order valence-corrected chi connectivity index (χ2v) is 5.67. The van der Waals surface area contributed by atoms with E-state index in [2.05, 4.69) is 0 Å². The van der Waals surface area contributed by atoms with Gasteiger partial charge < -0.3 is 0 Å². The van der Waals surface area contributed by atoms with Crippen LogP contribution in [-0.4, -0.2) is 65.4 Å². The molecule has 0 amide bonds.